The number of rotatable bonds is 6. The van der Waals surface area contributed by atoms with Gasteiger partial charge in [0.2, 0.25) is 0 Å². The van der Waals surface area contributed by atoms with E-state index in [-0.39, 0.29) is 18.0 Å². The Morgan fingerprint density at radius 2 is 1.54 bits per heavy atom. The first-order chi connectivity index (χ1) is 11.6. The number of carbonyl (C=O) groups is 2. The Bertz CT molecular complexity index is 402. The van der Waals surface area contributed by atoms with E-state index in [0.717, 1.165) is 38.5 Å². The zero-order valence-corrected chi connectivity index (χ0v) is 15.2. The summed E-state index contributed by atoms with van der Waals surface area (Å²) in [6.07, 6.45) is 14.4. The van der Waals surface area contributed by atoms with Crippen LogP contribution in [-0.2, 0) is 14.3 Å². The molecule has 0 bridgehead atoms. The number of ether oxygens (including phenoxy) is 1. The maximum Gasteiger partial charge on any atom is 0.310 e. The highest BCUT2D eigenvalue weighted by molar-refractivity contribution is 5.79. The van der Waals surface area contributed by atoms with Crippen molar-refractivity contribution in [1.29, 1.82) is 0 Å². The van der Waals surface area contributed by atoms with Crippen molar-refractivity contribution < 1.29 is 19.4 Å². The Labute approximate surface area is 146 Å². The van der Waals surface area contributed by atoms with E-state index < -0.39 is 11.9 Å². The van der Waals surface area contributed by atoms with Crippen molar-refractivity contribution in [1.82, 2.24) is 0 Å². The van der Waals surface area contributed by atoms with Crippen LogP contribution in [0, 0.1) is 11.8 Å². The first kappa shape index (κ1) is 19.3. The second-order valence-corrected chi connectivity index (χ2v) is 7.79. The van der Waals surface area contributed by atoms with Gasteiger partial charge in [-0.3, -0.25) is 9.59 Å². The van der Waals surface area contributed by atoms with Gasteiger partial charge in [0.15, 0.2) is 0 Å². The van der Waals surface area contributed by atoms with E-state index in [9.17, 15) is 9.59 Å². The molecule has 2 aliphatic rings. The second-order valence-electron chi connectivity index (χ2n) is 7.79. The van der Waals surface area contributed by atoms with E-state index in [1.165, 1.54) is 38.5 Å². The number of carboxylic acid groups (broad SMARTS) is 1. The maximum absolute atomic E-state index is 12.7. The highest BCUT2D eigenvalue weighted by Crippen LogP contribution is 2.43. The SMILES string of the molecule is CCC(CC(=O)O)C(=O)OC1(C2CCCCCC2)CCCCCC1. The molecule has 2 saturated carbocycles. The van der Waals surface area contributed by atoms with Crippen molar-refractivity contribution in [2.24, 2.45) is 11.8 Å². The number of esters is 1. The van der Waals surface area contributed by atoms with Gasteiger partial charge in [-0.15, -0.1) is 0 Å². The molecule has 1 atom stereocenters. The predicted molar refractivity (Wildman–Crippen MR) is 93.8 cm³/mol. The molecule has 0 amide bonds. The monoisotopic (exact) mass is 338 g/mol. The van der Waals surface area contributed by atoms with Crippen LogP contribution in [0.3, 0.4) is 0 Å². The fourth-order valence-electron chi connectivity index (χ4n) is 4.61. The van der Waals surface area contributed by atoms with Gasteiger partial charge >= 0.3 is 11.9 Å². The Morgan fingerprint density at radius 1 is 1.00 bits per heavy atom. The van der Waals surface area contributed by atoms with E-state index in [4.69, 9.17) is 9.84 Å². The van der Waals surface area contributed by atoms with Gasteiger partial charge in [-0.1, -0.05) is 45.4 Å². The summed E-state index contributed by atoms with van der Waals surface area (Å²) < 4.78 is 6.21. The predicted octanol–water partition coefficient (Wildman–Crippen LogP) is 5.09. The van der Waals surface area contributed by atoms with Gasteiger partial charge in [-0.25, -0.2) is 0 Å². The molecule has 0 aromatic heterocycles. The second kappa shape index (κ2) is 9.43. The topological polar surface area (TPSA) is 63.6 Å². The van der Waals surface area contributed by atoms with Crippen molar-refractivity contribution in [3.8, 4) is 0 Å². The molecular weight excluding hydrogens is 304 g/mol. The molecule has 4 nitrogen and oxygen atoms in total. The number of aliphatic carboxylic acids is 1. The Balaban J connectivity index is 2.15. The van der Waals surface area contributed by atoms with Gasteiger partial charge in [0.25, 0.3) is 0 Å². The van der Waals surface area contributed by atoms with Crippen LogP contribution in [0.2, 0.25) is 0 Å². The van der Waals surface area contributed by atoms with Crippen molar-refractivity contribution >= 4 is 11.9 Å². The summed E-state index contributed by atoms with van der Waals surface area (Å²) in [6.45, 7) is 1.88. The van der Waals surface area contributed by atoms with Crippen molar-refractivity contribution in [2.75, 3.05) is 0 Å². The summed E-state index contributed by atoms with van der Waals surface area (Å²) in [5.41, 5.74) is -0.330. The van der Waals surface area contributed by atoms with E-state index in [1.54, 1.807) is 0 Å². The van der Waals surface area contributed by atoms with Crippen LogP contribution in [0.25, 0.3) is 0 Å². The van der Waals surface area contributed by atoms with Crippen molar-refractivity contribution in [3.05, 3.63) is 0 Å². The zero-order valence-electron chi connectivity index (χ0n) is 15.2. The van der Waals surface area contributed by atoms with Crippen molar-refractivity contribution in [3.63, 3.8) is 0 Å². The molecule has 1 N–H and O–H groups in total. The molecule has 138 valence electrons. The van der Waals surface area contributed by atoms with Crippen LogP contribution in [0.5, 0.6) is 0 Å². The Hall–Kier alpha value is -1.06. The molecule has 0 radical (unpaired) electrons. The first-order valence-electron chi connectivity index (χ1n) is 10.0. The van der Waals surface area contributed by atoms with Crippen LogP contribution >= 0.6 is 0 Å². The van der Waals surface area contributed by atoms with E-state index in [2.05, 4.69) is 0 Å². The minimum absolute atomic E-state index is 0.115. The largest absolute Gasteiger partial charge is 0.481 e. The maximum atomic E-state index is 12.7. The van der Waals surface area contributed by atoms with E-state index >= 15 is 0 Å². The van der Waals surface area contributed by atoms with Gasteiger partial charge < -0.3 is 9.84 Å². The molecule has 0 aliphatic heterocycles. The minimum atomic E-state index is -0.914. The molecule has 0 aromatic rings. The van der Waals surface area contributed by atoms with Gasteiger partial charge in [0.05, 0.1) is 12.3 Å². The highest BCUT2D eigenvalue weighted by Gasteiger charge is 2.43. The first-order valence-corrected chi connectivity index (χ1v) is 10.0. The van der Waals surface area contributed by atoms with Crippen LogP contribution in [-0.4, -0.2) is 22.6 Å². The summed E-state index contributed by atoms with van der Waals surface area (Å²) in [6, 6.07) is 0. The molecule has 0 aromatic carbocycles. The summed E-state index contributed by atoms with van der Waals surface area (Å²) in [5.74, 6) is -1.23. The molecular formula is C20H34O4. The lowest BCUT2D eigenvalue weighted by Crippen LogP contribution is -2.44. The molecule has 1 unspecified atom stereocenters. The summed E-state index contributed by atoms with van der Waals surface area (Å²) in [5, 5.41) is 9.06. The quantitative estimate of drug-likeness (QED) is 0.541. The number of hydrogen-bond acceptors (Lipinski definition) is 3. The Morgan fingerprint density at radius 3 is 2.04 bits per heavy atom. The normalized spacial score (nSPS) is 23.7. The molecule has 24 heavy (non-hydrogen) atoms. The molecule has 2 fully saturated rings. The van der Waals surface area contributed by atoms with E-state index in [0.29, 0.717) is 12.3 Å². The van der Waals surface area contributed by atoms with Gasteiger partial charge in [0, 0.05) is 0 Å². The third kappa shape index (κ3) is 5.22. The summed E-state index contributed by atoms with van der Waals surface area (Å²) in [4.78, 5) is 23.8. The lowest BCUT2D eigenvalue weighted by atomic mass is 9.76. The highest BCUT2D eigenvalue weighted by atomic mass is 16.6. The smallest absolute Gasteiger partial charge is 0.310 e. The lowest BCUT2D eigenvalue weighted by molar-refractivity contribution is -0.176. The molecule has 2 aliphatic carbocycles. The molecule has 2 rings (SSSR count). The number of carbonyl (C=O) groups excluding carboxylic acids is 1. The van der Waals surface area contributed by atoms with E-state index in [1.807, 2.05) is 6.92 Å². The van der Waals surface area contributed by atoms with Gasteiger partial charge in [-0.05, 0) is 50.9 Å². The average Bonchev–Trinajstić information content (AvgIpc) is 2.95. The third-order valence-electron chi connectivity index (χ3n) is 6.10. The lowest BCUT2D eigenvalue weighted by Gasteiger charge is -2.40. The molecule has 4 heteroatoms. The van der Waals surface area contributed by atoms with Crippen molar-refractivity contribution in [2.45, 2.75) is 102 Å². The Kier molecular flexibility index (Phi) is 7.57. The minimum Gasteiger partial charge on any atom is -0.481 e. The fraction of sp³-hybridized carbons (Fsp3) is 0.900. The summed E-state index contributed by atoms with van der Waals surface area (Å²) >= 11 is 0. The van der Waals surface area contributed by atoms with Crippen LogP contribution in [0.4, 0.5) is 0 Å². The fourth-order valence-corrected chi connectivity index (χ4v) is 4.61. The molecule has 0 saturated heterocycles. The third-order valence-corrected chi connectivity index (χ3v) is 6.10. The van der Waals surface area contributed by atoms with Crippen LogP contribution in [0.15, 0.2) is 0 Å². The van der Waals surface area contributed by atoms with Crippen LogP contribution in [0.1, 0.15) is 96.8 Å². The molecule has 0 spiro atoms. The standard InChI is InChI=1S/C20H34O4/c1-2-16(15-18(21)22)19(23)24-20(13-9-5-6-10-14-20)17-11-7-3-4-8-12-17/h16-17H,2-15H2,1H3,(H,21,22). The average molecular weight is 338 g/mol. The molecule has 0 heterocycles. The van der Waals surface area contributed by atoms with Crippen LogP contribution < -0.4 is 0 Å². The zero-order chi connectivity index (χ0) is 17.4. The summed E-state index contributed by atoms with van der Waals surface area (Å²) in [7, 11) is 0. The van der Waals surface area contributed by atoms with Gasteiger partial charge in [0.1, 0.15) is 5.60 Å². The van der Waals surface area contributed by atoms with Gasteiger partial charge in [-0.2, -0.15) is 0 Å². The number of hydrogen-bond donors (Lipinski definition) is 1. The number of carboxylic acids is 1.